The van der Waals surface area contributed by atoms with Crippen molar-refractivity contribution in [2.24, 2.45) is 11.3 Å². The highest BCUT2D eigenvalue weighted by molar-refractivity contribution is 5.80. The molecule has 2 unspecified atom stereocenters. The minimum absolute atomic E-state index is 0.271. The lowest BCUT2D eigenvalue weighted by Crippen LogP contribution is -2.36. The first-order chi connectivity index (χ1) is 6.19. The second-order valence-electron chi connectivity index (χ2n) is 4.72. The minimum atomic E-state index is 0.271. The molecular formula is C11H19NO. The van der Waals surface area contributed by atoms with Crippen LogP contribution in [0.3, 0.4) is 0 Å². The van der Waals surface area contributed by atoms with Crippen molar-refractivity contribution >= 4 is 5.91 Å². The predicted molar refractivity (Wildman–Crippen MR) is 52.3 cm³/mol. The van der Waals surface area contributed by atoms with Crippen LogP contribution in [-0.2, 0) is 4.79 Å². The summed E-state index contributed by atoms with van der Waals surface area (Å²) in [4.78, 5) is 11.4. The molecule has 1 saturated heterocycles. The Labute approximate surface area is 80.1 Å². The number of carbonyl (C=O) groups excluding carboxylic acids is 1. The standard InChI is InChI=1S/C11H19NO/c1-3-6-11(9-4-5-9)7-10(13)12-8(11)2/h8-9H,3-7H2,1-2H3,(H,12,13). The smallest absolute Gasteiger partial charge is 0.220 e. The van der Waals surface area contributed by atoms with Gasteiger partial charge < -0.3 is 5.32 Å². The van der Waals surface area contributed by atoms with Gasteiger partial charge in [-0.3, -0.25) is 4.79 Å². The van der Waals surface area contributed by atoms with Crippen LogP contribution >= 0.6 is 0 Å². The zero-order chi connectivity index (χ0) is 9.47. The summed E-state index contributed by atoms with van der Waals surface area (Å²) in [7, 11) is 0. The van der Waals surface area contributed by atoms with Gasteiger partial charge in [0.25, 0.3) is 0 Å². The predicted octanol–water partition coefficient (Wildman–Crippen LogP) is 2.09. The van der Waals surface area contributed by atoms with Crippen molar-refractivity contribution in [2.45, 2.75) is 52.0 Å². The highest BCUT2D eigenvalue weighted by atomic mass is 16.2. The van der Waals surface area contributed by atoms with Gasteiger partial charge in [-0.25, -0.2) is 0 Å². The number of hydrogen-bond donors (Lipinski definition) is 1. The summed E-state index contributed by atoms with van der Waals surface area (Å²) in [6.45, 7) is 4.40. The molecule has 1 saturated carbocycles. The lowest BCUT2D eigenvalue weighted by atomic mass is 9.73. The molecule has 74 valence electrons. The Morgan fingerprint density at radius 3 is 2.62 bits per heavy atom. The fourth-order valence-corrected chi connectivity index (χ4v) is 3.02. The van der Waals surface area contributed by atoms with Crippen LogP contribution in [-0.4, -0.2) is 11.9 Å². The Morgan fingerprint density at radius 2 is 2.23 bits per heavy atom. The Bertz CT molecular complexity index is 222. The van der Waals surface area contributed by atoms with Gasteiger partial charge in [-0.1, -0.05) is 13.3 Å². The number of carbonyl (C=O) groups is 1. The molecule has 1 aliphatic carbocycles. The first kappa shape index (κ1) is 9.04. The minimum Gasteiger partial charge on any atom is -0.353 e. The van der Waals surface area contributed by atoms with Crippen molar-refractivity contribution in [1.29, 1.82) is 0 Å². The molecular weight excluding hydrogens is 162 g/mol. The third-order valence-corrected chi connectivity index (χ3v) is 3.84. The zero-order valence-corrected chi connectivity index (χ0v) is 8.60. The van der Waals surface area contributed by atoms with Gasteiger partial charge >= 0.3 is 0 Å². The van der Waals surface area contributed by atoms with Gasteiger partial charge in [0.1, 0.15) is 0 Å². The summed E-state index contributed by atoms with van der Waals surface area (Å²) in [5.74, 6) is 1.11. The molecule has 2 fully saturated rings. The quantitative estimate of drug-likeness (QED) is 0.709. The molecule has 2 atom stereocenters. The van der Waals surface area contributed by atoms with Crippen LogP contribution in [0, 0.1) is 11.3 Å². The van der Waals surface area contributed by atoms with E-state index in [1.54, 1.807) is 0 Å². The van der Waals surface area contributed by atoms with Crippen molar-refractivity contribution in [2.75, 3.05) is 0 Å². The van der Waals surface area contributed by atoms with Gasteiger partial charge in [-0.05, 0) is 32.1 Å². The van der Waals surface area contributed by atoms with Gasteiger partial charge in [0.15, 0.2) is 0 Å². The van der Waals surface area contributed by atoms with E-state index >= 15 is 0 Å². The van der Waals surface area contributed by atoms with E-state index in [1.165, 1.54) is 25.7 Å². The molecule has 0 radical (unpaired) electrons. The molecule has 2 heteroatoms. The van der Waals surface area contributed by atoms with E-state index in [0.29, 0.717) is 11.5 Å². The summed E-state index contributed by atoms with van der Waals surface area (Å²) < 4.78 is 0. The maximum absolute atomic E-state index is 11.4. The van der Waals surface area contributed by atoms with Crippen LogP contribution in [0.25, 0.3) is 0 Å². The number of amides is 1. The van der Waals surface area contributed by atoms with Crippen molar-refractivity contribution in [3.8, 4) is 0 Å². The molecule has 1 amide bonds. The second-order valence-corrected chi connectivity index (χ2v) is 4.72. The Hall–Kier alpha value is -0.530. The highest BCUT2D eigenvalue weighted by Gasteiger charge is 2.52. The number of hydrogen-bond acceptors (Lipinski definition) is 1. The molecule has 1 N–H and O–H groups in total. The Balaban J connectivity index is 2.16. The molecule has 2 rings (SSSR count). The number of nitrogens with one attached hydrogen (secondary N) is 1. The Morgan fingerprint density at radius 1 is 1.54 bits per heavy atom. The average Bonchev–Trinajstić information content (AvgIpc) is 2.82. The first-order valence-electron chi connectivity index (χ1n) is 5.48. The highest BCUT2D eigenvalue weighted by Crippen LogP contribution is 2.54. The van der Waals surface area contributed by atoms with E-state index in [1.807, 2.05) is 0 Å². The third kappa shape index (κ3) is 1.36. The van der Waals surface area contributed by atoms with Crippen LogP contribution in [0.4, 0.5) is 0 Å². The van der Waals surface area contributed by atoms with E-state index in [0.717, 1.165) is 12.3 Å². The maximum atomic E-state index is 11.4. The summed E-state index contributed by atoms with van der Waals surface area (Å²) >= 11 is 0. The van der Waals surface area contributed by atoms with Gasteiger partial charge in [0.05, 0.1) is 0 Å². The van der Waals surface area contributed by atoms with Gasteiger partial charge in [0.2, 0.25) is 5.91 Å². The zero-order valence-electron chi connectivity index (χ0n) is 8.60. The summed E-state index contributed by atoms with van der Waals surface area (Å²) in [6, 6.07) is 0.410. The fraction of sp³-hybridized carbons (Fsp3) is 0.909. The molecule has 2 nitrogen and oxygen atoms in total. The largest absolute Gasteiger partial charge is 0.353 e. The topological polar surface area (TPSA) is 29.1 Å². The van der Waals surface area contributed by atoms with Crippen molar-refractivity contribution < 1.29 is 4.79 Å². The molecule has 0 aromatic heterocycles. The molecule has 13 heavy (non-hydrogen) atoms. The molecule has 1 heterocycles. The van der Waals surface area contributed by atoms with E-state index in [4.69, 9.17) is 0 Å². The van der Waals surface area contributed by atoms with Gasteiger partial charge in [-0.2, -0.15) is 0 Å². The molecule has 0 bridgehead atoms. The summed E-state index contributed by atoms with van der Waals surface area (Å²) in [6.07, 6.45) is 5.90. The van der Waals surface area contributed by atoms with E-state index < -0.39 is 0 Å². The van der Waals surface area contributed by atoms with Crippen molar-refractivity contribution in [3.63, 3.8) is 0 Å². The molecule has 0 aromatic rings. The van der Waals surface area contributed by atoms with Crippen LogP contribution in [0.5, 0.6) is 0 Å². The monoisotopic (exact) mass is 181 g/mol. The lowest BCUT2D eigenvalue weighted by Gasteiger charge is -2.32. The molecule has 1 aliphatic heterocycles. The van der Waals surface area contributed by atoms with Crippen LogP contribution in [0.15, 0.2) is 0 Å². The molecule has 2 aliphatic rings. The normalized spacial score (nSPS) is 39.2. The van der Waals surface area contributed by atoms with Gasteiger partial charge in [0, 0.05) is 17.9 Å². The number of rotatable bonds is 3. The lowest BCUT2D eigenvalue weighted by molar-refractivity contribution is -0.119. The second kappa shape index (κ2) is 3.00. The van der Waals surface area contributed by atoms with Crippen molar-refractivity contribution in [1.82, 2.24) is 5.32 Å². The van der Waals surface area contributed by atoms with Crippen molar-refractivity contribution in [3.05, 3.63) is 0 Å². The fourth-order valence-electron chi connectivity index (χ4n) is 3.02. The van der Waals surface area contributed by atoms with Crippen LogP contribution < -0.4 is 5.32 Å². The van der Waals surface area contributed by atoms with E-state index in [2.05, 4.69) is 19.2 Å². The third-order valence-electron chi connectivity index (χ3n) is 3.84. The summed E-state index contributed by atoms with van der Waals surface area (Å²) in [5.41, 5.74) is 0.325. The molecule has 0 aromatic carbocycles. The summed E-state index contributed by atoms with van der Waals surface area (Å²) in [5, 5.41) is 3.07. The maximum Gasteiger partial charge on any atom is 0.220 e. The van der Waals surface area contributed by atoms with E-state index in [-0.39, 0.29) is 5.91 Å². The Kier molecular flexibility index (Phi) is 2.09. The first-order valence-corrected chi connectivity index (χ1v) is 5.48. The van der Waals surface area contributed by atoms with E-state index in [9.17, 15) is 4.79 Å². The SMILES string of the molecule is CCCC1(C2CC2)CC(=O)NC1C. The average molecular weight is 181 g/mol. The van der Waals surface area contributed by atoms with Crippen LogP contribution in [0.1, 0.15) is 46.0 Å². The van der Waals surface area contributed by atoms with Crippen LogP contribution in [0.2, 0.25) is 0 Å². The molecule has 0 spiro atoms. The van der Waals surface area contributed by atoms with Gasteiger partial charge in [-0.15, -0.1) is 0 Å².